The van der Waals surface area contributed by atoms with Crippen LogP contribution in [-0.4, -0.2) is 48.2 Å². The van der Waals surface area contributed by atoms with Gasteiger partial charge in [0, 0.05) is 41.1 Å². The van der Waals surface area contributed by atoms with E-state index in [-0.39, 0.29) is 17.3 Å². The first-order chi connectivity index (χ1) is 7.80. The fraction of sp³-hybridized carbons (Fsp3) is 1.00. The topological polar surface area (TPSA) is 63.2 Å². The second-order valence-electron chi connectivity index (χ2n) is 5.04. The van der Waals surface area contributed by atoms with Gasteiger partial charge in [0.05, 0.1) is 5.25 Å². The van der Waals surface area contributed by atoms with Crippen molar-refractivity contribution in [3.63, 3.8) is 0 Å². The molecular formula is C11H23NO3S2. The van der Waals surface area contributed by atoms with Crippen LogP contribution >= 0.6 is 0 Å². The Morgan fingerprint density at radius 3 is 2.59 bits per heavy atom. The van der Waals surface area contributed by atoms with E-state index in [9.17, 15) is 12.6 Å². The van der Waals surface area contributed by atoms with Crippen LogP contribution in [0.2, 0.25) is 0 Å². The highest BCUT2D eigenvalue weighted by Gasteiger charge is 2.35. The second-order valence-corrected chi connectivity index (χ2v) is 8.86. The Balaban J connectivity index is 2.47. The summed E-state index contributed by atoms with van der Waals surface area (Å²) in [6, 6.07) is 0.302. The zero-order valence-corrected chi connectivity index (χ0v) is 12.4. The molecule has 1 N–H and O–H groups in total. The summed E-state index contributed by atoms with van der Waals surface area (Å²) in [6.45, 7) is 2.03. The van der Waals surface area contributed by atoms with E-state index in [0.29, 0.717) is 5.75 Å². The number of rotatable bonds is 6. The van der Waals surface area contributed by atoms with Crippen molar-refractivity contribution in [3.05, 3.63) is 0 Å². The van der Waals surface area contributed by atoms with Crippen LogP contribution < -0.4 is 5.32 Å². The first-order valence-electron chi connectivity index (χ1n) is 6.05. The molecule has 17 heavy (non-hydrogen) atoms. The standard InChI is InChI=1S/C11H23NO3S2/c1-9(7-8-16(2)13)12-10-5-4-6-11(10)17(3,14)15/h9-12H,4-8H2,1-3H3. The minimum atomic E-state index is -2.95. The molecule has 1 aliphatic rings. The van der Waals surface area contributed by atoms with Gasteiger partial charge in [0.2, 0.25) is 0 Å². The van der Waals surface area contributed by atoms with E-state index in [1.165, 1.54) is 6.26 Å². The Labute approximate surface area is 107 Å². The van der Waals surface area contributed by atoms with Gasteiger partial charge in [-0.15, -0.1) is 0 Å². The monoisotopic (exact) mass is 281 g/mol. The molecule has 6 heteroatoms. The zero-order valence-electron chi connectivity index (χ0n) is 10.8. The van der Waals surface area contributed by atoms with Crippen molar-refractivity contribution in [3.8, 4) is 0 Å². The van der Waals surface area contributed by atoms with Crippen molar-refractivity contribution in [2.24, 2.45) is 0 Å². The first kappa shape index (κ1) is 15.1. The smallest absolute Gasteiger partial charge is 0.151 e. The highest BCUT2D eigenvalue weighted by molar-refractivity contribution is 7.91. The fourth-order valence-electron chi connectivity index (χ4n) is 2.42. The predicted molar refractivity (Wildman–Crippen MR) is 72.4 cm³/mol. The number of hydrogen-bond acceptors (Lipinski definition) is 4. The van der Waals surface area contributed by atoms with Crippen LogP contribution in [0, 0.1) is 0 Å². The lowest BCUT2D eigenvalue weighted by Gasteiger charge is -2.23. The highest BCUT2D eigenvalue weighted by atomic mass is 32.2. The molecule has 0 amide bonds. The van der Waals surface area contributed by atoms with Gasteiger partial charge in [0.25, 0.3) is 0 Å². The normalized spacial score (nSPS) is 29.1. The Morgan fingerprint density at radius 1 is 1.41 bits per heavy atom. The van der Waals surface area contributed by atoms with Crippen LogP contribution in [0.4, 0.5) is 0 Å². The molecule has 0 aromatic heterocycles. The molecule has 1 rings (SSSR count). The summed E-state index contributed by atoms with van der Waals surface area (Å²) in [5.41, 5.74) is 0. The lowest BCUT2D eigenvalue weighted by Crippen LogP contribution is -2.44. The van der Waals surface area contributed by atoms with Gasteiger partial charge in [-0.3, -0.25) is 4.21 Å². The highest BCUT2D eigenvalue weighted by Crippen LogP contribution is 2.25. The maximum atomic E-state index is 11.6. The molecule has 1 saturated carbocycles. The van der Waals surface area contributed by atoms with E-state index >= 15 is 0 Å². The van der Waals surface area contributed by atoms with Crippen LogP contribution in [0.1, 0.15) is 32.6 Å². The van der Waals surface area contributed by atoms with E-state index in [1.54, 1.807) is 6.26 Å². The Kier molecular flexibility index (Phi) is 5.60. The third kappa shape index (κ3) is 5.06. The maximum Gasteiger partial charge on any atom is 0.151 e. The van der Waals surface area contributed by atoms with Gasteiger partial charge in [-0.1, -0.05) is 6.42 Å². The maximum absolute atomic E-state index is 11.6. The summed E-state index contributed by atoms with van der Waals surface area (Å²) < 4.78 is 34.2. The minimum Gasteiger partial charge on any atom is -0.310 e. The summed E-state index contributed by atoms with van der Waals surface area (Å²) in [7, 11) is -3.72. The van der Waals surface area contributed by atoms with Crippen molar-refractivity contribution in [1.29, 1.82) is 0 Å². The molecule has 4 unspecified atom stereocenters. The summed E-state index contributed by atoms with van der Waals surface area (Å²) in [6.07, 6.45) is 6.52. The van der Waals surface area contributed by atoms with E-state index in [4.69, 9.17) is 0 Å². The van der Waals surface area contributed by atoms with Gasteiger partial charge in [-0.05, 0) is 26.2 Å². The molecule has 0 bridgehead atoms. The number of sulfone groups is 1. The Hall–Kier alpha value is 0.0600. The average molecular weight is 281 g/mol. The molecule has 4 nitrogen and oxygen atoms in total. The first-order valence-corrected chi connectivity index (χ1v) is 9.74. The molecule has 102 valence electrons. The van der Waals surface area contributed by atoms with E-state index in [1.807, 2.05) is 6.92 Å². The van der Waals surface area contributed by atoms with Crippen LogP contribution in [0.25, 0.3) is 0 Å². The van der Waals surface area contributed by atoms with Gasteiger partial charge in [0.1, 0.15) is 0 Å². The third-order valence-electron chi connectivity index (χ3n) is 3.34. The van der Waals surface area contributed by atoms with Crippen molar-refractivity contribution < 1.29 is 12.6 Å². The van der Waals surface area contributed by atoms with Gasteiger partial charge in [-0.2, -0.15) is 0 Å². The molecule has 1 fully saturated rings. The number of nitrogens with one attached hydrogen (secondary N) is 1. The summed E-state index contributed by atoms with van der Waals surface area (Å²) >= 11 is 0. The molecule has 0 aromatic rings. The lowest BCUT2D eigenvalue weighted by atomic mass is 10.2. The van der Waals surface area contributed by atoms with E-state index in [2.05, 4.69) is 5.32 Å². The fourth-order valence-corrected chi connectivity index (χ4v) is 4.51. The largest absolute Gasteiger partial charge is 0.310 e. The molecule has 0 aliphatic heterocycles. The van der Waals surface area contributed by atoms with Gasteiger partial charge in [0.15, 0.2) is 9.84 Å². The average Bonchev–Trinajstić information content (AvgIpc) is 2.62. The van der Waals surface area contributed by atoms with Crippen molar-refractivity contribution in [1.82, 2.24) is 5.32 Å². The quantitative estimate of drug-likeness (QED) is 0.778. The van der Waals surface area contributed by atoms with Crippen LogP contribution in [0.5, 0.6) is 0 Å². The summed E-state index contributed by atoms with van der Waals surface area (Å²) in [5, 5.41) is 3.14. The van der Waals surface area contributed by atoms with Crippen molar-refractivity contribution >= 4 is 20.6 Å². The molecule has 4 atom stereocenters. The summed E-state index contributed by atoms with van der Waals surface area (Å²) in [4.78, 5) is 0. The van der Waals surface area contributed by atoms with E-state index < -0.39 is 20.6 Å². The molecule has 0 heterocycles. The molecule has 0 aromatic carbocycles. The van der Waals surface area contributed by atoms with Gasteiger partial charge < -0.3 is 5.32 Å². The minimum absolute atomic E-state index is 0.0743. The molecule has 0 radical (unpaired) electrons. The van der Waals surface area contributed by atoms with Gasteiger partial charge in [-0.25, -0.2) is 8.42 Å². The van der Waals surface area contributed by atoms with Crippen LogP contribution in [0.3, 0.4) is 0 Å². The SMILES string of the molecule is CC(CCS(C)=O)NC1CCCC1S(C)(=O)=O. The Bertz CT molecular complexity index is 367. The lowest BCUT2D eigenvalue weighted by molar-refractivity contribution is 0.439. The van der Waals surface area contributed by atoms with Crippen molar-refractivity contribution in [2.45, 2.75) is 49.9 Å². The van der Waals surface area contributed by atoms with Gasteiger partial charge >= 0.3 is 0 Å². The van der Waals surface area contributed by atoms with E-state index in [0.717, 1.165) is 25.7 Å². The third-order valence-corrected chi connectivity index (χ3v) is 5.81. The Morgan fingerprint density at radius 2 is 2.06 bits per heavy atom. The van der Waals surface area contributed by atoms with Crippen molar-refractivity contribution in [2.75, 3.05) is 18.3 Å². The molecular weight excluding hydrogens is 258 g/mol. The molecule has 1 aliphatic carbocycles. The van der Waals surface area contributed by atoms with Crippen LogP contribution in [0.15, 0.2) is 0 Å². The van der Waals surface area contributed by atoms with Crippen LogP contribution in [-0.2, 0) is 20.6 Å². The molecule has 0 spiro atoms. The molecule has 0 saturated heterocycles. The number of hydrogen-bond donors (Lipinski definition) is 1. The second kappa shape index (κ2) is 6.29. The summed E-state index contributed by atoms with van der Waals surface area (Å²) in [5.74, 6) is 0.671. The zero-order chi connectivity index (χ0) is 13.1. The predicted octanol–water partition coefficient (Wildman–Crippen LogP) is 0.699.